The lowest BCUT2D eigenvalue weighted by atomic mass is 9.82. The van der Waals surface area contributed by atoms with Crippen molar-refractivity contribution >= 4 is 0 Å². The van der Waals surface area contributed by atoms with Crippen LogP contribution in [-0.4, -0.2) is 12.6 Å². The van der Waals surface area contributed by atoms with Gasteiger partial charge in [0.15, 0.2) is 0 Å². The first-order valence-corrected chi connectivity index (χ1v) is 7.89. The molecular weight excluding hydrogens is 256 g/mol. The fourth-order valence-electron chi connectivity index (χ4n) is 3.58. The van der Waals surface area contributed by atoms with Crippen LogP contribution >= 0.6 is 0 Å². The van der Waals surface area contributed by atoms with Gasteiger partial charge in [0.1, 0.15) is 11.6 Å². The third-order valence-electron chi connectivity index (χ3n) is 4.77. The van der Waals surface area contributed by atoms with Gasteiger partial charge in [0.2, 0.25) is 0 Å². The number of halogens is 2. The van der Waals surface area contributed by atoms with Gasteiger partial charge >= 0.3 is 0 Å². The third-order valence-corrected chi connectivity index (χ3v) is 4.77. The molecule has 2 unspecified atom stereocenters. The number of rotatable bonds is 5. The third kappa shape index (κ3) is 3.78. The van der Waals surface area contributed by atoms with Crippen LogP contribution in [0.1, 0.15) is 44.1 Å². The maximum Gasteiger partial charge on any atom is 0.126 e. The highest BCUT2D eigenvalue weighted by atomic mass is 19.1. The molecule has 2 fully saturated rings. The SMILES string of the molecule is Fc1cc(F)cc(CCNC2CCCC(C3CC3)C2)c1. The van der Waals surface area contributed by atoms with Gasteiger partial charge < -0.3 is 5.32 Å². The van der Waals surface area contributed by atoms with Crippen molar-refractivity contribution < 1.29 is 8.78 Å². The first-order chi connectivity index (χ1) is 9.70. The van der Waals surface area contributed by atoms with Crippen LogP contribution in [0.15, 0.2) is 18.2 Å². The smallest absolute Gasteiger partial charge is 0.126 e. The van der Waals surface area contributed by atoms with Crippen LogP contribution in [0.4, 0.5) is 8.78 Å². The van der Waals surface area contributed by atoms with E-state index < -0.39 is 11.6 Å². The maximum atomic E-state index is 13.1. The van der Waals surface area contributed by atoms with Crippen molar-refractivity contribution in [2.24, 2.45) is 11.8 Å². The molecule has 3 rings (SSSR count). The number of benzene rings is 1. The minimum absolute atomic E-state index is 0.480. The number of hydrogen-bond acceptors (Lipinski definition) is 1. The average molecular weight is 279 g/mol. The van der Waals surface area contributed by atoms with E-state index in [1.807, 2.05) is 0 Å². The van der Waals surface area contributed by atoms with E-state index >= 15 is 0 Å². The standard InChI is InChI=1S/C17H23F2N/c18-15-8-12(9-16(19)11-15)6-7-20-17-3-1-2-14(10-17)13-4-5-13/h8-9,11,13-14,17,20H,1-7,10H2. The molecule has 0 bridgehead atoms. The second kappa shape index (κ2) is 6.21. The molecule has 0 amide bonds. The van der Waals surface area contributed by atoms with Crippen molar-refractivity contribution in [2.45, 2.75) is 51.0 Å². The zero-order valence-corrected chi connectivity index (χ0v) is 11.9. The molecule has 1 nitrogen and oxygen atoms in total. The lowest BCUT2D eigenvalue weighted by Gasteiger charge is -2.30. The fourth-order valence-corrected chi connectivity index (χ4v) is 3.58. The Morgan fingerprint density at radius 3 is 2.40 bits per heavy atom. The van der Waals surface area contributed by atoms with Crippen LogP contribution in [0.25, 0.3) is 0 Å². The summed E-state index contributed by atoms with van der Waals surface area (Å²) in [6, 6.07) is 4.39. The molecule has 2 atom stereocenters. The molecule has 2 aliphatic carbocycles. The Morgan fingerprint density at radius 1 is 0.950 bits per heavy atom. The highest BCUT2D eigenvalue weighted by Crippen LogP contribution is 2.43. The monoisotopic (exact) mass is 279 g/mol. The molecule has 1 N–H and O–H groups in total. The lowest BCUT2D eigenvalue weighted by molar-refractivity contribution is 0.262. The van der Waals surface area contributed by atoms with Crippen molar-refractivity contribution in [1.82, 2.24) is 5.32 Å². The van der Waals surface area contributed by atoms with Crippen LogP contribution in [0, 0.1) is 23.5 Å². The molecule has 2 aliphatic rings. The summed E-state index contributed by atoms with van der Waals surface area (Å²) in [5, 5.41) is 3.58. The predicted octanol–water partition coefficient (Wildman–Crippen LogP) is 4.07. The molecule has 20 heavy (non-hydrogen) atoms. The molecule has 0 heterocycles. The quantitative estimate of drug-likeness (QED) is 0.857. The van der Waals surface area contributed by atoms with Crippen LogP contribution in [0.3, 0.4) is 0 Å². The topological polar surface area (TPSA) is 12.0 Å². The maximum absolute atomic E-state index is 13.1. The van der Waals surface area contributed by atoms with Gasteiger partial charge in [-0.2, -0.15) is 0 Å². The van der Waals surface area contributed by atoms with Gasteiger partial charge in [-0.25, -0.2) is 8.78 Å². The van der Waals surface area contributed by atoms with E-state index in [9.17, 15) is 8.78 Å². The highest BCUT2D eigenvalue weighted by Gasteiger charge is 2.34. The van der Waals surface area contributed by atoms with Gasteiger partial charge in [0.25, 0.3) is 0 Å². The van der Waals surface area contributed by atoms with Crippen LogP contribution in [0.2, 0.25) is 0 Å². The van der Waals surface area contributed by atoms with Gasteiger partial charge in [-0.05, 0) is 68.2 Å². The molecule has 0 spiro atoms. The van der Waals surface area contributed by atoms with Gasteiger partial charge in [-0.1, -0.05) is 12.8 Å². The summed E-state index contributed by atoms with van der Waals surface area (Å²) < 4.78 is 26.2. The Balaban J connectivity index is 1.44. The second-order valence-corrected chi connectivity index (χ2v) is 6.44. The Hall–Kier alpha value is -0.960. The van der Waals surface area contributed by atoms with Gasteiger partial charge in [-0.3, -0.25) is 0 Å². The van der Waals surface area contributed by atoms with Crippen LogP contribution in [0.5, 0.6) is 0 Å². The van der Waals surface area contributed by atoms with E-state index in [1.54, 1.807) is 0 Å². The largest absolute Gasteiger partial charge is 0.314 e. The zero-order valence-electron chi connectivity index (χ0n) is 11.9. The summed E-state index contributed by atoms with van der Waals surface area (Å²) in [5.74, 6) is 0.961. The van der Waals surface area contributed by atoms with Crippen molar-refractivity contribution in [3.05, 3.63) is 35.4 Å². The van der Waals surface area contributed by atoms with E-state index in [1.165, 1.54) is 50.7 Å². The summed E-state index contributed by atoms with van der Waals surface area (Å²) in [7, 11) is 0. The molecule has 1 aromatic rings. The summed E-state index contributed by atoms with van der Waals surface area (Å²) in [4.78, 5) is 0. The van der Waals surface area contributed by atoms with Gasteiger partial charge in [0, 0.05) is 12.1 Å². The molecule has 3 heteroatoms. The summed E-state index contributed by atoms with van der Waals surface area (Å²) in [6.45, 7) is 0.810. The number of hydrogen-bond donors (Lipinski definition) is 1. The van der Waals surface area contributed by atoms with Crippen molar-refractivity contribution in [3.8, 4) is 0 Å². The van der Waals surface area contributed by atoms with Crippen LogP contribution < -0.4 is 5.32 Å². The van der Waals surface area contributed by atoms with E-state index in [2.05, 4.69) is 5.32 Å². The van der Waals surface area contributed by atoms with E-state index in [0.29, 0.717) is 12.5 Å². The zero-order chi connectivity index (χ0) is 13.9. The van der Waals surface area contributed by atoms with Gasteiger partial charge in [0.05, 0.1) is 0 Å². The van der Waals surface area contributed by atoms with Crippen molar-refractivity contribution in [3.63, 3.8) is 0 Å². The Morgan fingerprint density at radius 2 is 1.70 bits per heavy atom. The predicted molar refractivity (Wildman–Crippen MR) is 76.5 cm³/mol. The van der Waals surface area contributed by atoms with Crippen molar-refractivity contribution in [1.29, 1.82) is 0 Å². The Bertz CT molecular complexity index is 436. The summed E-state index contributed by atoms with van der Waals surface area (Å²) in [5.41, 5.74) is 0.740. The lowest BCUT2D eigenvalue weighted by Crippen LogP contribution is -2.35. The molecule has 110 valence electrons. The van der Waals surface area contributed by atoms with E-state index in [4.69, 9.17) is 0 Å². The molecule has 2 saturated carbocycles. The molecule has 0 saturated heterocycles. The van der Waals surface area contributed by atoms with Gasteiger partial charge in [-0.15, -0.1) is 0 Å². The summed E-state index contributed by atoms with van der Waals surface area (Å²) in [6.07, 6.45) is 8.83. The molecule has 0 aromatic heterocycles. The highest BCUT2D eigenvalue weighted by molar-refractivity contribution is 5.18. The van der Waals surface area contributed by atoms with Crippen LogP contribution in [-0.2, 0) is 6.42 Å². The molecule has 0 radical (unpaired) electrons. The molecule has 1 aromatic carbocycles. The Labute approximate surface area is 119 Å². The van der Waals surface area contributed by atoms with Crippen molar-refractivity contribution in [2.75, 3.05) is 6.54 Å². The average Bonchev–Trinajstić information content (AvgIpc) is 3.22. The molecule has 0 aliphatic heterocycles. The fraction of sp³-hybridized carbons (Fsp3) is 0.647. The van der Waals surface area contributed by atoms with E-state index in [-0.39, 0.29) is 0 Å². The first kappa shape index (κ1) is 14.0. The normalized spacial score (nSPS) is 26.7. The number of nitrogens with one attached hydrogen (secondary N) is 1. The summed E-state index contributed by atoms with van der Waals surface area (Å²) >= 11 is 0. The Kier molecular flexibility index (Phi) is 4.35. The van der Waals surface area contributed by atoms with E-state index in [0.717, 1.165) is 30.0 Å². The minimum atomic E-state index is -0.480. The minimum Gasteiger partial charge on any atom is -0.314 e. The molecular formula is C17H23F2N. The second-order valence-electron chi connectivity index (χ2n) is 6.44. The first-order valence-electron chi connectivity index (χ1n) is 7.89.